The third kappa shape index (κ3) is 3.07. The van der Waals surface area contributed by atoms with Gasteiger partial charge in [0.1, 0.15) is 5.82 Å². The largest absolute Gasteiger partial charge is 0.265 e. The van der Waals surface area contributed by atoms with Crippen LogP contribution < -0.4 is 0 Å². The average molecular weight is 360 g/mol. The quantitative estimate of drug-likeness (QED) is 0.708. The number of rotatable bonds is 5. The molecule has 0 fully saturated rings. The molecule has 1 aromatic heterocycles. The fourth-order valence-electron chi connectivity index (χ4n) is 2.37. The summed E-state index contributed by atoms with van der Waals surface area (Å²) in [4.78, 5) is 0. The van der Waals surface area contributed by atoms with E-state index < -0.39 is 0 Å². The first-order valence-electron chi connectivity index (χ1n) is 6.68. The van der Waals surface area contributed by atoms with Crippen molar-refractivity contribution >= 4 is 27.5 Å². The molecule has 0 spiro atoms. The van der Waals surface area contributed by atoms with E-state index in [1.807, 2.05) is 4.68 Å². The number of hydrogen-bond acceptors (Lipinski definition) is 1. The minimum Gasteiger partial charge on any atom is -0.265 e. The molecular weight excluding hydrogens is 343 g/mol. The zero-order valence-corrected chi connectivity index (χ0v) is 13.9. The molecule has 0 aliphatic carbocycles. The van der Waals surface area contributed by atoms with E-state index in [-0.39, 0.29) is 5.82 Å². The van der Waals surface area contributed by atoms with Gasteiger partial charge in [0.25, 0.3) is 0 Å². The number of benzene rings is 1. The SMILES string of the molecule is CCc1nn(Cc2ccc(F)cc2Br)c(CC)c1CCl. The van der Waals surface area contributed by atoms with Gasteiger partial charge in [-0.25, -0.2) is 4.39 Å². The number of nitrogens with zero attached hydrogens (tertiary/aromatic N) is 2. The van der Waals surface area contributed by atoms with Gasteiger partial charge in [-0.3, -0.25) is 4.68 Å². The Morgan fingerprint density at radius 2 is 2.05 bits per heavy atom. The predicted molar refractivity (Wildman–Crippen MR) is 83.7 cm³/mol. The second-order valence-electron chi connectivity index (χ2n) is 4.61. The van der Waals surface area contributed by atoms with E-state index in [1.165, 1.54) is 12.1 Å². The standard InChI is InChI=1S/C15H17BrClFN2/c1-3-14-12(8-17)15(4-2)20(19-14)9-10-5-6-11(18)7-13(10)16/h5-7H,3-4,8-9H2,1-2H3. The molecule has 5 heteroatoms. The summed E-state index contributed by atoms with van der Waals surface area (Å²) in [5, 5.41) is 4.65. The van der Waals surface area contributed by atoms with Gasteiger partial charge in [-0.05, 0) is 30.5 Å². The Morgan fingerprint density at radius 1 is 1.30 bits per heavy atom. The van der Waals surface area contributed by atoms with Crippen molar-refractivity contribution in [2.24, 2.45) is 0 Å². The van der Waals surface area contributed by atoms with Gasteiger partial charge in [-0.1, -0.05) is 35.8 Å². The van der Waals surface area contributed by atoms with Crippen molar-refractivity contribution in [1.82, 2.24) is 9.78 Å². The first-order chi connectivity index (χ1) is 9.60. The van der Waals surface area contributed by atoms with Gasteiger partial charge in [0.15, 0.2) is 0 Å². The molecule has 0 atom stereocenters. The number of halogens is 3. The lowest BCUT2D eigenvalue weighted by Crippen LogP contribution is -2.07. The highest BCUT2D eigenvalue weighted by Gasteiger charge is 2.15. The number of aryl methyl sites for hydroxylation is 1. The molecule has 1 aromatic carbocycles. The van der Waals surface area contributed by atoms with Crippen LogP contribution in [-0.4, -0.2) is 9.78 Å². The second kappa shape index (κ2) is 6.72. The zero-order chi connectivity index (χ0) is 14.7. The first-order valence-corrected chi connectivity index (χ1v) is 8.00. The molecule has 0 aliphatic rings. The summed E-state index contributed by atoms with van der Waals surface area (Å²) in [6.45, 7) is 4.80. The van der Waals surface area contributed by atoms with Gasteiger partial charge in [0, 0.05) is 15.7 Å². The minimum absolute atomic E-state index is 0.243. The zero-order valence-electron chi connectivity index (χ0n) is 11.6. The summed E-state index contributed by atoms with van der Waals surface area (Å²) < 4.78 is 15.9. The molecule has 20 heavy (non-hydrogen) atoms. The maximum Gasteiger partial charge on any atom is 0.124 e. The Hall–Kier alpha value is -0.870. The lowest BCUT2D eigenvalue weighted by Gasteiger charge is -2.09. The second-order valence-corrected chi connectivity index (χ2v) is 5.73. The lowest BCUT2D eigenvalue weighted by atomic mass is 10.1. The molecule has 2 rings (SSSR count). The van der Waals surface area contributed by atoms with Gasteiger partial charge in [0.05, 0.1) is 18.1 Å². The highest BCUT2D eigenvalue weighted by atomic mass is 79.9. The lowest BCUT2D eigenvalue weighted by molar-refractivity contribution is 0.617. The molecule has 0 saturated carbocycles. The predicted octanol–water partition coefficient (Wildman–Crippen LogP) is 4.70. The molecule has 0 amide bonds. The molecule has 0 saturated heterocycles. The van der Waals surface area contributed by atoms with Crippen molar-refractivity contribution < 1.29 is 4.39 Å². The van der Waals surface area contributed by atoms with Gasteiger partial charge in [-0.2, -0.15) is 5.10 Å². The summed E-state index contributed by atoms with van der Waals surface area (Å²) in [5.41, 5.74) is 4.35. The Morgan fingerprint density at radius 3 is 2.60 bits per heavy atom. The van der Waals surface area contributed by atoms with Gasteiger partial charge >= 0.3 is 0 Å². The molecule has 0 N–H and O–H groups in total. The third-order valence-electron chi connectivity index (χ3n) is 3.39. The highest BCUT2D eigenvalue weighted by Crippen LogP contribution is 2.23. The third-order valence-corrected chi connectivity index (χ3v) is 4.39. The molecule has 0 unspecified atom stereocenters. The summed E-state index contributed by atoms with van der Waals surface area (Å²) >= 11 is 9.45. The van der Waals surface area contributed by atoms with Crippen LogP contribution in [0.1, 0.15) is 36.4 Å². The normalized spacial score (nSPS) is 11.1. The van der Waals surface area contributed by atoms with Crippen LogP contribution in [0.5, 0.6) is 0 Å². The summed E-state index contributed by atoms with van der Waals surface area (Å²) in [7, 11) is 0. The molecule has 0 radical (unpaired) electrons. The van der Waals surface area contributed by atoms with Crippen LogP contribution in [0.25, 0.3) is 0 Å². The average Bonchev–Trinajstić information content (AvgIpc) is 2.78. The van der Waals surface area contributed by atoms with Crippen molar-refractivity contribution in [1.29, 1.82) is 0 Å². The monoisotopic (exact) mass is 358 g/mol. The van der Waals surface area contributed by atoms with Crippen molar-refractivity contribution in [3.63, 3.8) is 0 Å². The van der Waals surface area contributed by atoms with Crippen molar-refractivity contribution in [2.75, 3.05) is 0 Å². The molecule has 0 aliphatic heterocycles. The Bertz CT molecular complexity index is 610. The Labute approximate surface area is 132 Å². The topological polar surface area (TPSA) is 17.8 Å². The van der Waals surface area contributed by atoms with Crippen LogP contribution in [-0.2, 0) is 25.3 Å². The number of hydrogen-bond donors (Lipinski definition) is 0. The maximum absolute atomic E-state index is 13.1. The van der Waals surface area contributed by atoms with Crippen LogP contribution in [0.2, 0.25) is 0 Å². The van der Waals surface area contributed by atoms with Gasteiger partial charge in [-0.15, -0.1) is 11.6 Å². The van der Waals surface area contributed by atoms with E-state index in [1.54, 1.807) is 6.07 Å². The molecule has 108 valence electrons. The van der Waals surface area contributed by atoms with Crippen molar-refractivity contribution in [2.45, 2.75) is 39.1 Å². The molecular formula is C15H17BrClFN2. The number of aromatic nitrogens is 2. The summed E-state index contributed by atoms with van der Waals surface area (Å²) in [6.07, 6.45) is 1.75. The molecule has 2 aromatic rings. The van der Waals surface area contributed by atoms with Gasteiger partial charge < -0.3 is 0 Å². The fraction of sp³-hybridized carbons (Fsp3) is 0.400. The van der Waals surface area contributed by atoms with Crippen LogP contribution in [0.4, 0.5) is 4.39 Å². The van der Waals surface area contributed by atoms with Crippen LogP contribution >= 0.6 is 27.5 Å². The molecule has 2 nitrogen and oxygen atoms in total. The molecule has 1 heterocycles. The van der Waals surface area contributed by atoms with E-state index in [0.29, 0.717) is 12.4 Å². The smallest absolute Gasteiger partial charge is 0.124 e. The van der Waals surface area contributed by atoms with Crippen LogP contribution in [0, 0.1) is 5.82 Å². The summed E-state index contributed by atoms with van der Waals surface area (Å²) in [5.74, 6) is 0.240. The van der Waals surface area contributed by atoms with E-state index in [4.69, 9.17) is 11.6 Å². The van der Waals surface area contributed by atoms with Crippen LogP contribution in [0.3, 0.4) is 0 Å². The van der Waals surface area contributed by atoms with E-state index in [0.717, 1.165) is 39.8 Å². The van der Waals surface area contributed by atoms with Crippen molar-refractivity contribution in [3.05, 3.63) is 51.0 Å². The maximum atomic E-state index is 13.1. The fourth-order valence-corrected chi connectivity index (χ4v) is 3.15. The van der Waals surface area contributed by atoms with Gasteiger partial charge in [0.2, 0.25) is 0 Å². The van der Waals surface area contributed by atoms with E-state index in [2.05, 4.69) is 34.9 Å². The van der Waals surface area contributed by atoms with E-state index >= 15 is 0 Å². The van der Waals surface area contributed by atoms with E-state index in [9.17, 15) is 4.39 Å². The first kappa shape index (κ1) is 15.5. The van der Waals surface area contributed by atoms with Crippen LogP contribution in [0.15, 0.2) is 22.7 Å². The van der Waals surface area contributed by atoms with Crippen molar-refractivity contribution in [3.8, 4) is 0 Å². The highest BCUT2D eigenvalue weighted by molar-refractivity contribution is 9.10. The Balaban J connectivity index is 2.40. The Kier molecular flexibility index (Phi) is 5.22. The number of alkyl halides is 1. The molecule has 0 bridgehead atoms. The summed E-state index contributed by atoms with van der Waals surface area (Å²) in [6, 6.07) is 4.73. The minimum atomic E-state index is -0.243.